The van der Waals surface area contributed by atoms with Crippen LogP contribution in [-0.4, -0.2) is 32.6 Å². The van der Waals surface area contributed by atoms with Gasteiger partial charge in [-0.1, -0.05) is 44.5 Å². The van der Waals surface area contributed by atoms with Gasteiger partial charge in [0.15, 0.2) is 9.84 Å². The molecule has 0 aliphatic rings. The lowest BCUT2D eigenvalue weighted by Gasteiger charge is -2.15. The average Bonchev–Trinajstić information content (AvgIpc) is 2.38. The minimum atomic E-state index is -3.02. The Bertz CT molecular complexity index is 529. The van der Waals surface area contributed by atoms with E-state index < -0.39 is 9.84 Å². The van der Waals surface area contributed by atoms with Gasteiger partial charge in [0.1, 0.15) is 12.4 Å². The molecule has 6 heteroatoms. The summed E-state index contributed by atoms with van der Waals surface area (Å²) in [6.45, 7) is 6.49. The van der Waals surface area contributed by atoms with Crippen LogP contribution in [0, 0.1) is 0 Å². The van der Waals surface area contributed by atoms with Gasteiger partial charge in [-0.3, -0.25) is 0 Å². The summed E-state index contributed by atoms with van der Waals surface area (Å²) in [7, 11) is -3.02. The van der Waals surface area contributed by atoms with E-state index in [9.17, 15) is 8.42 Å². The Labute approximate surface area is 126 Å². The second kappa shape index (κ2) is 7.86. The van der Waals surface area contributed by atoms with Crippen LogP contribution in [0.2, 0.25) is 5.02 Å². The molecule has 4 nitrogen and oxygen atoms in total. The third-order valence-corrected chi connectivity index (χ3v) is 4.80. The molecule has 114 valence electrons. The van der Waals surface area contributed by atoms with E-state index in [0.29, 0.717) is 23.4 Å². The van der Waals surface area contributed by atoms with Crippen molar-refractivity contribution >= 4 is 21.4 Å². The van der Waals surface area contributed by atoms with Crippen LogP contribution in [0.5, 0.6) is 5.75 Å². The Morgan fingerprint density at radius 1 is 1.35 bits per heavy atom. The lowest BCUT2D eigenvalue weighted by Crippen LogP contribution is -2.22. The molecule has 0 radical (unpaired) electrons. The molecule has 0 saturated carbocycles. The number of ether oxygens (including phenoxy) is 1. The lowest BCUT2D eigenvalue weighted by atomic mass is 10.2. The Balaban J connectivity index is 2.72. The summed E-state index contributed by atoms with van der Waals surface area (Å²) >= 11 is 6.13. The monoisotopic (exact) mass is 319 g/mol. The molecule has 0 fully saturated rings. The van der Waals surface area contributed by atoms with Crippen LogP contribution in [0.3, 0.4) is 0 Å². The highest BCUT2D eigenvalue weighted by atomic mass is 35.5. The van der Waals surface area contributed by atoms with Crippen molar-refractivity contribution in [2.24, 2.45) is 0 Å². The van der Waals surface area contributed by atoms with E-state index in [4.69, 9.17) is 16.3 Å². The van der Waals surface area contributed by atoms with Crippen molar-refractivity contribution in [1.82, 2.24) is 5.32 Å². The fourth-order valence-corrected chi connectivity index (χ4v) is 2.46. The van der Waals surface area contributed by atoms with Crippen LogP contribution in [-0.2, 0) is 16.4 Å². The maximum atomic E-state index is 11.4. The number of sulfone groups is 1. The number of hydrogen-bond donors (Lipinski definition) is 1. The summed E-state index contributed by atoms with van der Waals surface area (Å²) in [5.74, 6) is 0.695. The fourth-order valence-electron chi connectivity index (χ4n) is 1.58. The molecule has 1 rings (SSSR count). The van der Waals surface area contributed by atoms with E-state index in [2.05, 4.69) is 19.2 Å². The van der Waals surface area contributed by atoms with Crippen molar-refractivity contribution in [3.8, 4) is 5.75 Å². The molecule has 0 unspecified atom stereocenters. The molecule has 0 amide bonds. The smallest absolute Gasteiger partial charge is 0.153 e. The average molecular weight is 320 g/mol. The number of hydrogen-bond acceptors (Lipinski definition) is 4. The van der Waals surface area contributed by atoms with Gasteiger partial charge in [0.25, 0.3) is 0 Å². The first kappa shape index (κ1) is 17.3. The third kappa shape index (κ3) is 5.69. The minimum absolute atomic E-state index is 0.00573. The first-order chi connectivity index (χ1) is 9.35. The van der Waals surface area contributed by atoms with Gasteiger partial charge < -0.3 is 10.1 Å². The Kier molecular flexibility index (Phi) is 6.79. The predicted octanol–water partition coefficient (Wildman–Crippen LogP) is 2.65. The fraction of sp³-hybridized carbons (Fsp3) is 0.571. The van der Waals surface area contributed by atoms with Gasteiger partial charge in [-0.05, 0) is 6.07 Å². The van der Waals surface area contributed by atoms with Gasteiger partial charge in [0.05, 0.1) is 10.8 Å². The minimum Gasteiger partial charge on any atom is -0.491 e. The molecule has 0 heterocycles. The van der Waals surface area contributed by atoms with Crippen molar-refractivity contribution in [3.63, 3.8) is 0 Å². The van der Waals surface area contributed by atoms with Crippen LogP contribution in [0.25, 0.3) is 0 Å². The molecule has 0 aliphatic carbocycles. The molecular formula is C14H22ClNO3S. The highest BCUT2D eigenvalue weighted by Crippen LogP contribution is 2.28. The van der Waals surface area contributed by atoms with Crippen molar-refractivity contribution in [3.05, 3.63) is 28.8 Å². The molecular weight excluding hydrogens is 298 g/mol. The number of rotatable bonds is 8. The largest absolute Gasteiger partial charge is 0.491 e. The van der Waals surface area contributed by atoms with Crippen LogP contribution >= 0.6 is 11.6 Å². The number of nitrogens with one attached hydrogen (secondary N) is 1. The maximum absolute atomic E-state index is 11.4. The van der Waals surface area contributed by atoms with Gasteiger partial charge in [-0.15, -0.1) is 0 Å². The standard InChI is InChI=1S/C14H22ClNO3S/c1-4-20(17,18)9-8-19-14-12(10-16-11(2)3)6-5-7-13(14)15/h5-7,11,16H,4,8-10H2,1-3H3. The zero-order chi connectivity index (χ0) is 15.2. The molecule has 0 atom stereocenters. The second-order valence-corrected chi connectivity index (χ2v) is 7.73. The van der Waals surface area contributed by atoms with Crippen LogP contribution in [0.15, 0.2) is 18.2 Å². The molecule has 20 heavy (non-hydrogen) atoms. The number of halogens is 1. The first-order valence-electron chi connectivity index (χ1n) is 6.69. The molecule has 0 aromatic heterocycles. The third-order valence-electron chi connectivity index (χ3n) is 2.83. The van der Waals surface area contributed by atoms with Crippen LogP contribution in [0.1, 0.15) is 26.3 Å². The van der Waals surface area contributed by atoms with Crippen LogP contribution < -0.4 is 10.1 Å². The molecule has 1 aromatic rings. The maximum Gasteiger partial charge on any atom is 0.153 e. The van der Waals surface area contributed by atoms with Gasteiger partial charge >= 0.3 is 0 Å². The highest BCUT2D eigenvalue weighted by Gasteiger charge is 2.12. The Morgan fingerprint density at radius 3 is 2.65 bits per heavy atom. The number of para-hydroxylation sites is 1. The second-order valence-electron chi connectivity index (χ2n) is 4.85. The molecule has 0 spiro atoms. The SMILES string of the molecule is CCS(=O)(=O)CCOc1c(Cl)cccc1CNC(C)C. The molecule has 0 bridgehead atoms. The predicted molar refractivity (Wildman–Crippen MR) is 83.3 cm³/mol. The van der Waals surface area contributed by atoms with E-state index in [1.165, 1.54) is 0 Å². The van der Waals surface area contributed by atoms with Crippen molar-refractivity contribution in [2.75, 3.05) is 18.1 Å². The Morgan fingerprint density at radius 2 is 2.05 bits per heavy atom. The summed E-state index contributed by atoms with van der Waals surface area (Å²) in [6, 6.07) is 5.87. The van der Waals surface area contributed by atoms with Gasteiger partial charge in [-0.25, -0.2) is 8.42 Å². The van der Waals surface area contributed by atoms with Crippen molar-refractivity contribution < 1.29 is 13.2 Å². The Hall–Kier alpha value is -0.780. The summed E-state index contributed by atoms with van der Waals surface area (Å²) in [4.78, 5) is 0. The van der Waals surface area contributed by atoms with E-state index in [-0.39, 0.29) is 18.1 Å². The first-order valence-corrected chi connectivity index (χ1v) is 8.89. The van der Waals surface area contributed by atoms with E-state index in [1.54, 1.807) is 13.0 Å². The molecule has 0 aliphatic heterocycles. The molecule has 0 saturated heterocycles. The van der Waals surface area contributed by atoms with E-state index in [0.717, 1.165) is 5.56 Å². The highest BCUT2D eigenvalue weighted by molar-refractivity contribution is 7.91. The normalized spacial score (nSPS) is 11.8. The van der Waals surface area contributed by atoms with Crippen LogP contribution in [0.4, 0.5) is 0 Å². The summed E-state index contributed by atoms with van der Waals surface area (Å²) in [6.07, 6.45) is 0. The summed E-state index contributed by atoms with van der Waals surface area (Å²) in [5.41, 5.74) is 0.931. The zero-order valence-corrected chi connectivity index (χ0v) is 13.7. The van der Waals surface area contributed by atoms with Gasteiger partial charge in [0, 0.05) is 23.9 Å². The number of benzene rings is 1. The van der Waals surface area contributed by atoms with Gasteiger partial charge in [0.2, 0.25) is 0 Å². The summed E-state index contributed by atoms with van der Waals surface area (Å²) < 4.78 is 28.5. The zero-order valence-electron chi connectivity index (χ0n) is 12.1. The van der Waals surface area contributed by atoms with E-state index in [1.807, 2.05) is 12.1 Å². The summed E-state index contributed by atoms with van der Waals surface area (Å²) in [5, 5.41) is 3.79. The van der Waals surface area contributed by atoms with E-state index >= 15 is 0 Å². The van der Waals surface area contributed by atoms with Gasteiger partial charge in [-0.2, -0.15) is 0 Å². The molecule has 1 N–H and O–H groups in total. The molecule has 1 aromatic carbocycles. The quantitative estimate of drug-likeness (QED) is 0.800. The van der Waals surface area contributed by atoms with Crippen molar-refractivity contribution in [2.45, 2.75) is 33.4 Å². The van der Waals surface area contributed by atoms with Crippen molar-refractivity contribution in [1.29, 1.82) is 0 Å². The topological polar surface area (TPSA) is 55.4 Å². The lowest BCUT2D eigenvalue weighted by molar-refractivity contribution is 0.336.